The Balaban J connectivity index is 1.71. The lowest BCUT2D eigenvalue weighted by molar-refractivity contribution is 0.0596. The second kappa shape index (κ2) is 10.2. The van der Waals surface area contributed by atoms with Crippen LogP contribution in [0.15, 0.2) is 42.5 Å². The van der Waals surface area contributed by atoms with E-state index in [0.29, 0.717) is 41.6 Å². The molecule has 6 heteroatoms. The number of ether oxygens (including phenoxy) is 3. The number of nitrogens with zero attached hydrogens (tertiary/aromatic N) is 1. The lowest BCUT2D eigenvalue weighted by Gasteiger charge is -2.31. The maximum absolute atomic E-state index is 12.7. The summed E-state index contributed by atoms with van der Waals surface area (Å²) in [6.07, 6.45) is 5.74. The molecule has 0 radical (unpaired) electrons. The first-order chi connectivity index (χ1) is 15.0. The Kier molecular flexibility index (Phi) is 7.34. The van der Waals surface area contributed by atoms with Crippen molar-refractivity contribution in [3.63, 3.8) is 0 Å². The van der Waals surface area contributed by atoms with Crippen LogP contribution >= 0.6 is 0 Å². The second-order valence-electron chi connectivity index (χ2n) is 7.64. The monoisotopic (exact) mass is 423 g/mol. The predicted molar refractivity (Wildman–Crippen MR) is 120 cm³/mol. The standard InChI is InChI=1S/C25H29NO5/c1-17-5-8-19(9-6-17)24(27)26-13-11-18(12-14-26)7-10-20-15-21(29-2)16-22(30-3)23(20)25(28)31-4/h5-10,15-16,18H,11-14H2,1-4H3/b10-7+. The molecule has 0 atom stereocenters. The van der Waals surface area contributed by atoms with Gasteiger partial charge in [-0.05, 0) is 49.4 Å². The molecule has 1 heterocycles. The van der Waals surface area contributed by atoms with Crippen molar-refractivity contribution < 1.29 is 23.8 Å². The fourth-order valence-electron chi connectivity index (χ4n) is 3.75. The van der Waals surface area contributed by atoms with Gasteiger partial charge in [-0.1, -0.05) is 29.8 Å². The quantitative estimate of drug-likeness (QED) is 0.646. The smallest absolute Gasteiger partial charge is 0.342 e. The van der Waals surface area contributed by atoms with Gasteiger partial charge in [0.15, 0.2) is 0 Å². The summed E-state index contributed by atoms with van der Waals surface area (Å²) in [6, 6.07) is 11.1. The minimum atomic E-state index is -0.460. The van der Waals surface area contributed by atoms with Crippen molar-refractivity contribution >= 4 is 18.0 Å². The molecule has 0 aromatic heterocycles. The molecule has 3 rings (SSSR count). The third-order valence-corrected chi connectivity index (χ3v) is 5.62. The van der Waals surface area contributed by atoms with Crippen molar-refractivity contribution in [2.75, 3.05) is 34.4 Å². The number of allylic oxidation sites excluding steroid dienone is 1. The number of methoxy groups -OCH3 is 3. The largest absolute Gasteiger partial charge is 0.497 e. The molecule has 0 aliphatic carbocycles. The van der Waals surface area contributed by atoms with Gasteiger partial charge in [-0.3, -0.25) is 4.79 Å². The predicted octanol–water partition coefficient (Wildman–Crippen LogP) is 4.36. The highest BCUT2D eigenvalue weighted by Gasteiger charge is 2.23. The Morgan fingerprint density at radius 2 is 1.68 bits per heavy atom. The maximum atomic E-state index is 12.7. The zero-order chi connectivity index (χ0) is 22.4. The number of rotatable bonds is 6. The first-order valence-electron chi connectivity index (χ1n) is 10.3. The first-order valence-corrected chi connectivity index (χ1v) is 10.3. The molecular formula is C25H29NO5. The number of esters is 1. The van der Waals surface area contributed by atoms with Crippen molar-refractivity contribution in [1.82, 2.24) is 4.90 Å². The summed E-state index contributed by atoms with van der Waals surface area (Å²) in [4.78, 5) is 26.9. The summed E-state index contributed by atoms with van der Waals surface area (Å²) in [5.74, 6) is 0.933. The molecule has 1 aliphatic heterocycles. The number of piperidine rings is 1. The number of benzene rings is 2. The van der Waals surface area contributed by atoms with Crippen LogP contribution in [0, 0.1) is 12.8 Å². The molecule has 1 aliphatic rings. The molecular weight excluding hydrogens is 394 g/mol. The molecule has 6 nitrogen and oxygen atoms in total. The molecule has 0 saturated carbocycles. The molecule has 0 bridgehead atoms. The van der Waals surface area contributed by atoms with Crippen LogP contribution in [0.5, 0.6) is 11.5 Å². The highest BCUT2D eigenvalue weighted by atomic mass is 16.5. The van der Waals surface area contributed by atoms with Crippen LogP contribution in [-0.4, -0.2) is 51.2 Å². The van der Waals surface area contributed by atoms with Crippen molar-refractivity contribution in [3.8, 4) is 11.5 Å². The van der Waals surface area contributed by atoms with Crippen LogP contribution in [-0.2, 0) is 4.74 Å². The number of hydrogen-bond donors (Lipinski definition) is 0. The van der Waals surface area contributed by atoms with Gasteiger partial charge in [0, 0.05) is 24.7 Å². The SMILES string of the molecule is COC(=O)c1c(/C=C/C2CCN(C(=O)c3ccc(C)cc3)CC2)cc(OC)cc1OC. The van der Waals surface area contributed by atoms with E-state index in [1.54, 1.807) is 19.2 Å². The molecule has 1 saturated heterocycles. The van der Waals surface area contributed by atoms with Crippen molar-refractivity contribution in [3.05, 3.63) is 64.7 Å². The zero-order valence-electron chi connectivity index (χ0n) is 18.5. The van der Waals surface area contributed by atoms with E-state index in [9.17, 15) is 9.59 Å². The van der Waals surface area contributed by atoms with E-state index in [4.69, 9.17) is 14.2 Å². The maximum Gasteiger partial charge on any atom is 0.342 e. The molecule has 0 N–H and O–H groups in total. The van der Waals surface area contributed by atoms with Gasteiger partial charge in [-0.15, -0.1) is 0 Å². The van der Waals surface area contributed by atoms with Crippen LogP contribution < -0.4 is 9.47 Å². The van der Waals surface area contributed by atoms with Crippen LogP contribution in [0.25, 0.3) is 6.08 Å². The van der Waals surface area contributed by atoms with Crippen LogP contribution in [0.4, 0.5) is 0 Å². The van der Waals surface area contributed by atoms with Crippen LogP contribution in [0.2, 0.25) is 0 Å². The van der Waals surface area contributed by atoms with E-state index in [1.165, 1.54) is 14.2 Å². The van der Waals surface area contributed by atoms with Crippen molar-refractivity contribution in [2.45, 2.75) is 19.8 Å². The molecule has 1 fully saturated rings. The average molecular weight is 424 g/mol. The molecule has 1 amide bonds. The minimum Gasteiger partial charge on any atom is -0.497 e. The number of amides is 1. The van der Waals surface area contributed by atoms with Gasteiger partial charge < -0.3 is 19.1 Å². The first kappa shape index (κ1) is 22.4. The summed E-state index contributed by atoms with van der Waals surface area (Å²) in [5.41, 5.74) is 2.92. The lowest BCUT2D eigenvalue weighted by atomic mass is 9.94. The van der Waals surface area contributed by atoms with Gasteiger partial charge >= 0.3 is 5.97 Å². The number of carbonyl (C=O) groups is 2. The van der Waals surface area contributed by atoms with Gasteiger partial charge in [-0.2, -0.15) is 0 Å². The number of carbonyl (C=O) groups excluding carboxylic acids is 2. The highest BCUT2D eigenvalue weighted by molar-refractivity contribution is 5.97. The number of aryl methyl sites for hydroxylation is 1. The lowest BCUT2D eigenvalue weighted by Crippen LogP contribution is -2.38. The van der Waals surface area contributed by atoms with Gasteiger partial charge in [0.05, 0.1) is 21.3 Å². The van der Waals surface area contributed by atoms with Gasteiger partial charge in [0.2, 0.25) is 0 Å². The summed E-state index contributed by atoms with van der Waals surface area (Å²) < 4.78 is 15.6. The topological polar surface area (TPSA) is 65.1 Å². The van der Waals surface area contributed by atoms with Crippen molar-refractivity contribution in [2.24, 2.45) is 5.92 Å². The summed E-state index contributed by atoms with van der Waals surface area (Å²) >= 11 is 0. The Morgan fingerprint density at radius 3 is 2.26 bits per heavy atom. The fraction of sp³-hybridized carbons (Fsp3) is 0.360. The van der Waals surface area contributed by atoms with Gasteiger partial charge in [-0.25, -0.2) is 4.79 Å². The summed E-state index contributed by atoms with van der Waals surface area (Å²) in [6.45, 7) is 3.41. The number of hydrogen-bond acceptors (Lipinski definition) is 5. The molecule has 164 valence electrons. The van der Waals surface area contributed by atoms with Gasteiger partial charge in [0.25, 0.3) is 5.91 Å². The Hall–Kier alpha value is -3.28. The second-order valence-corrected chi connectivity index (χ2v) is 7.64. The molecule has 0 unspecified atom stereocenters. The fourth-order valence-corrected chi connectivity index (χ4v) is 3.75. The molecule has 31 heavy (non-hydrogen) atoms. The molecule has 2 aromatic rings. The van der Waals surface area contributed by atoms with Crippen LogP contribution in [0.3, 0.4) is 0 Å². The van der Waals surface area contributed by atoms with E-state index >= 15 is 0 Å². The van der Waals surface area contributed by atoms with E-state index in [2.05, 4.69) is 6.08 Å². The van der Waals surface area contributed by atoms with E-state index in [-0.39, 0.29) is 5.91 Å². The Bertz CT molecular complexity index is 957. The summed E-state index contributed by atoms with van der Waals surface area (Å²) in [5, 5.41) is 0. The third kappa shape index (κ3) is 5.26. The van der Waals surface area contributed by atoms with E-state index < -0.39 is 5.97 Å². The third-order valence-electron chi connectivity index (χ3n) is 5.62. The average Bonchev–Trinajstić information content (AvgIpc) is 2.81. The molecule has 2 aromatic carbocycles. The Morgan fingerprint density at radius 1 is 1.00 bits per heavy atom. The number of likely N-dealkylation sites (tertiary alicyclic amines) is 1. The van der Waals surface area contributed by atoms with E-state index in [0.717, 1.165) is 24.0 Å². The van der Waals surface area contributed by atoms with Crippen molar-refractivity contribution in [1.29, 1.82) is 0 Å². The minimum absolute atomic E-state index is 0.0768. The van der Waals surface area contributed by atoms with Gasteiger partial charge in [0.1, 0.15) is 17.1 Å². The molecule has 0 spiro atoms. The summed E-state index contributed by atoms with van der Waals surface area (Å²) in [7, 11) is 4.43. The zero-order valence-corrected chi connectivity index (χ0v) is 18.5. The normalized spacial score (nSPS) is 14.5. The Labute approximate surface area is 183 Å². The highest BCUT2D eigenvalue weighted by Crippen LogP contribution is 2.31. The van der Waals surface area contributed by atoms with E-state index in [1.807, 2.05) is 42.2 Å². The van der Waals surface area contributed by atoms with Crippen LogP contribution in [0.1, 0.15) is 44.7 Å².